The summed E-state index contributed by atoms with van der Waals surface area (Å²) in [4.78, 5) is 10.9. The largest absolute Gasteiger partial charge is 0.481 e. The van der Waals surface area contributed by atoms with E-state index in [2.05, 4.69) is 25.9 Å². The predicted octanol–water partition coefficient (Wildman–Crippen LogP) is 2.71. The topological polar surface area (TPSA) is 55.1 Å². The molecule has 0 saturated heterocycles. The number of rotatable bonds is 3. The quantitative estimate of drug-likeness (QED) is 0.906. The second kappa shape index (κ2) is 4.44. The Kier molecular flexibility index (Phi) is 3.11. The standard InChI is InChI=1S/C14H18N2O2/c1-14(2,3)9-16-12-7-5-4-6-10(12)11(15-16)8-13(17)18/h4-7H,8-9H2,1-3H3,(H,17,18). The molecule has 2 aromatic rings. The van der Waals surface area contributed by atoms with Crippen LogP contribution < -0.4 is 0 Å². The number of carbonyl (C=O) groups is 1. The zero-order valence-corrected chi connectivity index (χ0v) is 11.0. The summed E-state index contributed by atoms with van der Waals surface area (Å²) in [5, 5.41) is 14.3. The van der Waals surface area contributed by atoms with E-state index in [0.29, 0.717) is 5.69 Å². The van der Waals surface area contributed by atoms with Gasteiger partial charge in [-0.1, -0.05) is 39.0 Å². The molecule has 0 saturated carbocycles. The number of benzene rings is 1. The van der Waals surface area contributed by atoms with Crippen molar-refractivity contribution in [2.75, 3.05) is 0 Å². The number of hydrogen-bond donors (Lipinski definition) is 1. The van der Waals surface area contributed by atoms with E-state index >= 15 is 0 Å². The highest BCUT2D eigenvalue weighted by molar-refractivity contribution is 5.85. The molecule has 1 heterocycles. The van der Waals surface area contributed by atoms with Crippen molar-refractivity contribution in [1.29, 1.82) is 0 Å². The molecule has 0 radical (unpaired) electrons. The summed E-state index contributed by atoms with van der Waals surface area (Å²) in [7, 11) is 0. The molecular weight excluding hydrogens is 228 g/mol. The molecular formula is C14H18N2O2. The van der Waals surface area contributed by atoms with E-state index in [1.54, 1.807) is 0 Å². The van der Waals surface area contributed by atoms with E-state index in [9.17, 15) is 4.79 Å². The van der Waals surface area contributed by atoms with E-state index in [1.807, 2.05) is 28.9 Å². The molecule has 96 valence electrons. The molecule has 2 rings (SSSR count). The average Bonchev–Trinajstić information content (AvgIpc) is 2.54. The number of hydrogen-bond acceptors (Lipinski definition) is 2. The van der Waals surface area contributed by atoms with Crippen molar-refractivity contribution < 1.29 is 9.90 Å². The van der Waals surface area contributed by atoms with Crippen LogP contribution in [0.4, 0.5) is 0 Å². The van der Waals surface area contributed by atoms with Gasteiger partial charge < -0.3 is 5.11 Å². The van der Waals surface area contributed by atoms with E-state index < -0.39 is 5.97 Å². The van der Waals surface area contributed by atoms with Crippen LogP contribution in [0.25, 0.3) is 10.9 Å². The monoisotopic (exact) mass is 246 g/mol. The molecule has 1 N–H and O–H groups in total. The first-order chi connectivity index (χ1) is 8.37. The lowest BCUT2D eigenvalue weighted by Gasteiger charge is -2.18. The Hall–Kier alpha value is -1.84. The van der Waals surface area contributed by atoms with Gasteiger partial charge in [0.2, 0.25) is 0 Å². The van der Waals surface area contributed by atoms with Gasteiger partial charge >= 0.3 is 5.97 Å². The zero-order chi connectivity index (χ0) is 13.3. The molecule has 1 aromatic heterocycles. The molecule has 18 heavy (non-hydrogen) atoms. The Morgan fingerprint density at radius 1 is 1.33 bits per heavy atom. The van der Waals surface area contributed by atoms with E-state index in [4.69, 9.17) is 5.11 Å². The summed E-state index contributed by atoms with van der Waals surface area (Å²) in [6.45, 7) is 7.19. The molecule has 4 heteroatoms. The summed E-state index contributed by atoms with van der Waals surface area (Å²) in [5.74, 6) is -0.846. The Balaban J connectivity index is 2.50. The van der Waals surface area contributed by atoms with Crippen LogP contribution in [0.3, 0.4) is 0 Å². The lowest BCUT2D eigenvalue weighted by atomic mass is 9.97. The van der Waals surface area contributed by atoms with Gasteiger partial charge in [-0.15, -0.1) is 0 Å². The third kappa shape index (κ3) is 2.70. The minimum absolute atomic E-state index is 0.0301. The molecule has 0 amide bonds. The van der Waals surface area contributed by atoms with Crippen LogP contribution in [0.2, 0.25) is 0 Å². The summed E-state index contributed by atoms with van der Waals surface area (Å²) in [6, 6.07) is 7.78. The fraction of sp³-hybridized carbons (Fsp3) is 0.429. The molecule has 0 aliphatic carbocycles. The van der Waals surface area contributed by atoms with Gasteiger partial charge in [0.1, 0.15) is 0 Å². The Morgan fingerprint density at radius 3 is 2.61 bits per heavy atom. The van der Waals surface area contributed by atoms with Crippen molar-refractivity contribution >= 4 is 16.9 Å². The van der Waals surface area contributed by atoms with Gasteiger partial charge in [0, 0.05) is 11.9 Å². The van der Waals surface area contributed by atoms with Crippen molar-refractivity contribution in [1.82, 2.24) is 9.78 Å². The van der Waals surface area contributed by atoms with Crippen molar-refractivity contribution in [3.63, 3.8) is 0 Å². The summed E-state index contributed by atoms with van der Waals surface area (Å²) in [6.07, 6.45) is -0.0301. The molecule has 4 nitrogen and oxygen atoms in total. The molecule has 1 aromatic carbocycles. The maximum absolute atomic E-state index is 10.9. The molecule has 0 unspecified atom stereocenters. The first-order valence-corrected chi connectivity index (χ1v) is 6.03. The maximum Gasteiger partial charge on any atom is 0.309 e. The number of aliphatic carboxylic acids is 1. The van der Waals surface area contributed by atoms with Crippen LogP contribution >= 0.6 is 0 Å². The number of para-hydroxylation sites is 1. The summed E-state index contributed by atoms with van der Waals surface area (Å²) < 4.78 is 1.91. The number of nitrogens with zero attached hydrogens (tertiary/aromatic N) is 2. The van der Waals surface area contributed by atoms with Gasteiger partial charge in [0.05, 0.1) is 17.6 Å². The SMILES string of the molecule is CC(C)(C)Cn1nc(CC(=O)O)c2ccccc21. The minimum atomic E-state index is -0.846. The Bertz CT molecular complexity index is 579. The molecule has 0 bridgehead atoms. The lowest BCUT2D eigenvalue weighted by molar-refractivity contribution is -0.136. The molecule has 0 spiro atoms. The summed E-state index contributed by atoms with van der Waals surface area (Å²) >= 11 is 0. The van der Waals surface area contributed by atoms with Crippen LogP contribution in [0, 0.1) is 5.41 Å². The van der Waals surface area contributed by atoms with Crippen molar-refractivity contribution in [3.8, 4) is 0 Å². The van der Waals surface area contributed by atoms with Gasteiger partial charge in [-0.3, -0.25) is 9.48 Å². The highest BCUT2D eigenvalue weighted by Crippen LogP contribution is 2.23. The van der Waals surface area contributed by atoms with Crippen molar-refractivity contribution in [3.05, 3.63) is 30.0 Å². The number of carboxylic acid groups (broad SMARTS) is 1. The van der Waals surface area contributed by atoms with E-state index in [-0.39, 0.29) is 11.8 Å². The lowest BCUT2D eigenvalue weighted by Crippen LogP contribution is -2.16. The first-order valence-electron chi connectivity index (χ1n) is 6.03. The predicted molar refractivity (Wildman–Crippen MR) is 70.5 cm³/mol. The number of aromatic nitrogens is 2. The van der Waals surface area contributed by atoms with Gasteiger partial charge in [-0.25, -0.2) is 0 Å². The van der Waals surface area contributed by atoms with Crippen molar-refractivity contribution in [2.24, 2.45) is 5.41 Å². The zero-order valence-electron chi connectivity index (χ0n) is 11.0. The summed E-state index contributed by atoms with van der Waals surface area (Å²) in [5.41, 5.74) is 1.75. The second-order valence-corrected chi connectivity index (χ2v) is 5.75. The van der Waals surface area contributed by atoms with E-state index in [0.717, 1.165) is 17.4 Å². The molecule has 0 aliphatic heterocycles. The van der Waals surface area contributed by atoms with Crippen molar-refractivity contribution in [2.45, 2.75) is 33.7 Å². The highest BCUT2D eigenvalue weighted by Gasteiger charge is 2.17. The number of fused-ring (bicyclic) bond motifs is 1. The normalized spacial score (nSPS) is 11.9. The first kappa shape index (κ1) is 12.6. The Labute approximate surface area is 106 Å². The Morgan fingerprint density at radius 2 is 2.00 bits per heavy atom. The highest BCUT2D eigenvalue weighted by atomic mass is 16.4. The fourth-order valence-corrected chi connectivity index (χ4v) is 2.04. The smallest absolute Gasteiger partial charge is 0.309 e. The fourth-order valence-electron chi connectivity index (χ4n) is 2.04. The van der Waals surface area contributed by atoms with Crippen LogP contribution in [-0.2, 0) is 17.8 Å². The maximum atomic E-state index is 10.9. The third-order valence-electron chi connectivity index (χ3n) is 2.68. The van der Waals surface area contributed by atoms with Crippen LogP contribution in [0.15, 0.2) is 24.3 Å². The van der Waals surface area contributed by atoms with E-state index in [1.165, 1.54) is 0 Å². The van der Waals surface area contributed by atoms with Gasteiger partial charge in [-0.05, 0) is 11.5 Å². The molecule has 0 aliphatic rings. The van der Waals surface area contributed by atoms with Crippen LogP contribution in [0.5, 0.6) is 0 Å². The number of carboxylic acids is 1. The minimum Gasteiger partial charge on any atom is -0.481 e. The molecule has 0 fully saturated rings. The second-order valence-electron chi connectivity index (χ2n) is 5.75. The van der Waals surface area contributed by atoms with Crippen LogP contribution in [-0.4, -0.2) is 20.9 Å². The van der Waals surface area contributed by atoms with Crippen LogP contribution in [0.1, 0.15) is 26.5 Å². The van der Waals surface area contributed by atoms with Gasteiger partial charge in [0.15, 0.2) is 0 Å². The third-order valence-corrected chi connectivity index (χ3v) is 2.68. The molecule has 0 atom stereocenters. The van der Waals surface area contributed by atoms with Gasteiger partial charge in [0.25, 0.3) is 0 Å². The van der Waals surface area contributed by atoms with Gasteiger partial charge in [-0.2, -0.15) is 5.10 Å². The average molecular weight is 246 g/mol.